The summed E-state index contributed by atoms with van der Waals surface area (Å²) >= 11 is 0. The number of hydrazine groups is 1. The molecule has 0 aliphatic heterocycles. The van der Waals surface area contributed by atoms with Gasteiger partial charge in [0.05, 0.1) is 5.25 Å². The molecule has 0 fully saturated rings. The Morgan fingerprint density at radius 2 is 1.08 bits per heavy atom. The Hall–Kier alpha value is -1.27. The standard InChI is InChI=1S/C27H57N5O5S/c1-31(2)23-15-21-29-26(33)19-13-9-5-4-7-11-17-25(38(35,36)37)18-12-8-6-10-14-20-27(34)30-22-16-24-32(3)28/h25H,4-24,28H2,1-3H3,(H,29,33)(H,30,34)(H,35,36,37). The minimum Gasteiger partial charge on any atom is -0.356 e. The molecule has 0 rings (SSSR count). The van der Waals surface area contributed by atoms with Gasteiger partial charge < -0.3 is 15.5 Å². The molecule has 1 unspecified atom stereocenters. The molecule has 0 aromatic carbocycles. The number of hydrogen-bond acceptors (Lipinski definition) is 7. The molecule has 0 heterocycles. The number of hydrogen-bond donors (Lipinski definition) is 4. The van der Waals surface area contributed by atoms with Crippen LogP contribution in [-0.2, 0) is 19.7 Å². The van der Waals surface area contributed by atoms with Crippen LogP contribution in [0.4, 0.5) is 0 Å². The lowest BCUT2D eigenvalue weighted by molar-refractivity contribution is -0.122. The largest absolute Gasteiger partial charge is 0.356 e. The minimum atomic E-state index is -4.03. The molecular formula is C27H57N5O5S. The van der Waals surface area contributed by atoms with E-state index in [4.69, 9.17) is 5.84 Å². The van der Waals surface area contributed by atoms with Crippen LogP contribution >= 0.6 is 0 Å². The Morgan fingerprint density at radius 3 is 1.47 bits per heavy atom. The van der Waals surface area contributed by atoms with Gasteiger partial charge in [0.25, 0.3) is 10.1 Å². The lowest BCUT2D eigenvalue weighted by atomic mass is 10.0. The highest BCUT2D eigenvalue weighted by Crippen LogP contribution is 2.19. The van der Waals surface area contributed by atoms with Crippen LogP contribution in [0.1, 0.15) is 109 Å². The molecule has 0 saturated carbocycles. The molecule has 0 radical (unpaired) electrons. The Kier molecular flexibility index (Phi) is 22.8. The molecule has 1 atom stereocenters. The SMILES string of the molecule is CN(C)CCCNC(=O)CCCCCCCCC(CCCCCCCC(=O)NCCCN(C)N)S(=O)(=O)O. The van der Waals surface area contributed by atoms with E-state index >= 15 is 0 Å². The van der Waals surface area contributed by atoms with Crippen LogP contribution in [0, 0.1) is 0 Å². The number of nitrogens with zero attached hydrogens (tertiary/aromatic N) is 2. The lowest BCUT2D eigenvalue weighted by Crippen LogP contribution is -2.31. The van der Waals surface area contributed by atoms with Crippen molar-refractivity contribution >= 4 is 21.9 Å². The van der Waals surface area contributed by atoms with Crippen molar-refractivity contribution in [3.63, 3.8) is 0 Å². The fraction of sp³-hybridized carbons (Fsp3) is 0.926. The van der Waals surface area contributed by atoms with Gasteiger partial charge in [-0.2, -0.15) is 8.42 Å². The van der Waals surface area contributed by atoms with Crippen molar-refractivity contribution in [2.75, 3.05) is 47.3 Å². The van der Waals surface area contributed by atoms with E-state index in [1.165, 1.54) is 0 Å². The maximum atomic E-state index is 11.8. The van der Waals surface area contributed by atoms with Crippen LogP contribution in [-0.4, -0.2) is 87.3 Å². The third kappa shape index (κ3) is 25.0. The third-order valence-electron chi connectivity index (χ3n) is 6.65. The van der Waals surface area contributed by atoms with Crippen LogP contribution in [0.3, 0.4) is 0 Å². The summed E-state index contributed by atoms with van der Waals surface area (Å²) in [7, 11) is 1.81. The molecule has 0 bridgehead atoms. The highest BCUT2D eigenvalue weighted by Gasteiger charge is 2.21. The van der Waals surface area contributed by atoms with Gasteiger partial charge in [-0.3, -0.25) is 25.0 Å². The zero-order valence-electron chi connectivity index (χ0n) is 24.4. The van der Waals surface area contributed by atoms with Crippen LogP contribution < -0.4 is 16.5 Å². The average molecular weight is 564 g/mol. The minimum absolute atomic E-state index is 0.0627. The maximum Gasteiger partial charge on any atom is 0.267 e. The second-order valence-electron chi connectivity index (χ2n) is 10.8. The highest BCUT2D eigenvalue weighted by molar-refractivity contribution is 7.86. The molecule has 11 heteroatoms. The topological polar surface area (TPSA) is 145 Å². The average Bonchev–Trinajstić information content (AvgIpc) is 2.83. The molecular weight excluding hydrogens is 506 g/mol. The van der Waals surface area contributed by atoms with Crippen LogP contribution in [0.2, 0.25) is 0 Å². The molecule has 0 aromatic rings. The maximum absolute atomic E-state index is 11.8. The summed E-state index contributed by atoms with van der Waals surface area (Å²) < 4.78 is 33.2. The van der Waals surface area contributed by atoms with Gasteiger partial charge in [-0.05, 0) is 59.2 Å². The highest BCUT2D eigenvalue weighted by atomic mass is 32.2. The van der Waals surface area contributed by atoms with Gasteiger partial charge in [-0.25, -0.2) is 0 Å². The summed E-state index contributed by atoms with van der Waals surface area (Å²) in [4.78, 5) is 25.7. The zero-order chi connectivity index (χ0) is 28.7. The Labute approximate surface area is 232 Å². The number of nitrogens with one attached hydrogen (secondary N) is 2. The summed E-state index contributed by atoms with van der Waals surface area (Å²) in [6.45, 7) is 3.06. The molecule has 5 N–H and O–H groups in total. The van der Waals surface area contributed by atoms with Crippen LogP contribution in [0.25, 0.3) is 0 Å². The molecule has 10 nitrogen and oxygen atoms in total. The molecule has 0 aliphatic carbocycles. The summed E-state index contributed by atoms with van der Waals surface area (Å²) in [5, 5.41) is 6.76. The van der Waals surface area contributed by atoms with Gasteiger partial charge in [0.15, 0.2) is 0 Å². The summed E-state index contributed by atoms with van der Waals surface area (Å²) in [6, 6.07) is 0. The van der Waals surface area contributed by atoms with Crippen molar-refractivity contribution in [1.29, 1.82) is 0 Å². The van der Waals surface area contributed by atoms with E-state index < -0.39 is 15.4 Å². The van der Waals surface area contributed by atoms with Gasteiger partial charge in [-0.1, -0.05) is 57.8 Å². The molecule has 0 spiro atoms. The Morgan fingerprint density at radius 1 is 0.684 bits per heavy atom. The summed E-state index contributed by atoms with van der Waals surface area (Å²) in [6.07, 6.45) is 13.9. The molecule has 0 aliphatic rings. The quantitative estimate of drug-likeness (QED) is 0.0542. The molecule has 38 heavy (non-hydrogen) atoms. The van der Waals surface area contributed by atoms with E-state index in [2.05, 4.69) is 15.5 Å². The first-order chi connectivity index (χ1) is 18.0. The predicted molar refractivity (Wildman–Crippen MR) is 155 cm³/mol. The van der Waals surface area contributed by atoms with Gasteiger partial charge in [0, 0.05) is 39.5 Å². The Balaban J connectivity index is 3.75. The zero-order valence-corrected chi connectivity index (χ0v) is 25.2. The monoisotopic (exact) mass is 563 g/mol. The van der Waals surface area contributed by atoms with Gasteiger partial charge >= 0.3 is 0 Å². The van der Waals surface area contributed by atoms with Gasteiger partial charge in [-0.15, -0.1) is 0 Å². The molecule has 2 amide bonds. The smallest absolute Gasteiger partial charge is 0.267 e. The lowest BCUT2D eigenvalue weighted by Gasteiger charge is -2.14. The van der Waals surface area contributed by atoms with Gasteiger partial charge in [0.1, 0.15) is 0 Å². The van der Waals surface area contributed by atoms with Crippen LogP contribution in [0.15, 0.2) is 0 Å². The van der Waals surface area contributed by atoms with E-state index in [9.17, 15) is 22.6 Å². The van der Waals surface area contributed by atoms with E-state index in [1.807, 2.05) is 14.1 Å². The first-order valence-corrected chi connectivity index (χ1v) is 16.1. The normalized spacial score (nSPS) is 12.7. The summed E-state index contributed by atoms with van der Waals surface area (Å²) in [5.74, 6) is 5.71. The predicted octanol–water partition coefficient (Wildman–Crippen LogP) is 3.47. The van der Waals surface area contributed by atoms with Crippen LogP contribution in [0.5, 0.6) is 0 Å². The van der Waals surface area contributed by atoms with Crippen molar-refractivity contribution < 1.29 is 22.6 Å². The molecule has 0 aromatic heterocycles. The number of carbonyl (C=O) groups excluding carboxylic acids is 2. The fourth-order valence-corrected chi connectivity index (χ4v) is 5.28. The van der Waals surface area contributed by atoms with Crippen molar-refractivity contribution in [2.45, 2.75) is 114 Å². The number of carbonyl (C=O) groups is 2. The van der Waals surface area contributed by atoms with Crippen molar-refractivity contribution in [1.82, 2.24) is 20.5 Å². The fourth-order valence-electron chi connectivity index (χ4n) is 4.35. The van der Waals surface area contributed by atoms with E-state index in [0.29, 0.717) is 32.2 Å². The number of nitrogens with two attached hydrogens (primary N) is 1. The third-order valence-corrected chi connectivity index (χ3v) is 7.96. The number of unbranched alkanes of at least 4 members (excludes halogenated alkanes) is 9. The van der Waals surface area contributed by atoms with Gasteiger partial charge in [0.2, 0.25) is 11.8 Å². The van der Waals surface area contributed by atoms with E-state index in [0.717, 1.165) is 103 Å². The first-order valence-electron chi connectivity index (χ1n) is 14.6. The van der Waals surface area contributed by atoms with E-state index in [1.54, 1.807) is 12.1 Å². The van der Waals surface area contributed by atoms with Crippen molar-refractivity contribution in [2.24, 2.45) is 5.84 Å². The van der Waals surface area contributed by atoms with E-state index in [-0.39, 0.29) is 11.8 Å². The second-order valence-corrected chi connectivity index (χ2v) is 12.5. The first kappa shape index (κ1) is 36.7. The molecule has 0 saturated heterocycles. The Bertz CT molecular complexity index is 704. The number of amides is 2. The summed E-state index contributed by atoms with van der Waals surface area (Å²) in [5.41, 5.74) is 0. The second kappa shape index (κ2) is 23.6. The number of rotatable bonds is 26. The van der Waals surface area contributed by atoms with Crippen molar-refractivity contribution in [3.8, 4) is 0 Å². The van der Waals surface area contributed by atoms with Crippen molar-refractivity contribution in [3.05, 3.63) is 0 Å². The molecule has 226 valence electrons.